The number of rotatable bonds is 5. The van der Waals surface area contributed by atoms with Gasteiger partial charge in [0.2, 0.25) is 0 Å². The lowest BCUT2D eigenvalue weighted by Gasteiger charge is -2.11. The molecule has 3 rings (SSSR count). The first-order valence-corrected chi connectivity index (χ1v) is 7.43. The Labute approximate surface area is 122 Å². The highest BCUT2D eigenvalue weighted by molar-refractivity contribution is 7.18. The van der Waals surface area contributed by atoms with Crippen molar-refractivity contribution in [2.24, 2.45) is 0 Å². The zero-order valence-corrected chi connectivity index (χ0v) is 11.9. The van der Waals surface area contributed by atoms with Gasteiger partial charge in [-0.1, -0.05) is 18.2 Å². The zero-order chi connectivity index (χ0) is 13.8. The number of nitrogens with zero attached hydrogens (tertiary/aromatic N) is 3. The van der Waals surface area contributed by atoms with E-state index >= 15 is 0 Å². The molecule has 3 nitrogen and oxygen atoms in total. The van der Waals surface area contributed by atoms with E-state index in [2.05, 4.69) is 22.6 Å². The molecule has 1 unspecified atom stereocenters. The van der Waals surface area contributed by atoms with E-state index in [1.54, 1.807) is 23.7 Å². The molecule has 0 saturated heterocycles. The molecule has 0 amide bonds. The molecule has 0 N–H and O–H groups in total. The summed E-state index contributed by atoms with van der Waals surface area (Å²) >= 11 is 1.73. The van der Waals surface area contributed by atoms with E-state index in [0.29, 0.717) is 0 Å². The van der Waals surface area contributed by atoms with E-state index in [9.17, 15) is 0 Å². The van der Waals surface area contributed by atoms with Crippen LogP contribution in [-0.2, 0) is 0 Å². The van der Waals surface area contributed by atoms with Gasteiger partial charge < -0.3 is 0 Å². The van der Waals surface area contributed by atoms with Crippen molar-refractivity contribution in [1.29, 1.82) is 0 Å². The van der Waals surface area contributed by atoms with Crippen LogP contribution in [-0.4, -0.2) is 15.0 Å². The van der Waals surface area contributed by atoms with Gasteiger partial charge >= 0.3 is 0 Å². The molecule has 0 radical (unpaired) electrons. The maximum Gasteiger partial charge on any atom is 0.138 e. The van der Waals surface area contributed by atoms with Gasteiger partial charge in [0, 0.05) is 12.4 Å². The van der Waals surface area contributed by atoms with Crippen LogP contribution in [0.3, 0.4) is 0 Å². The van der Waals surface area contributed by atoms with Crippen LogP contribution in [0.1, 0.15) is 29.6 Å². The molecule has 0 aliphatic heterocycles. The summed E-state index contributed by atoms with van der Waals surface area (Å²) in [4.78, 5) is 13.5. The van der Waals surface area contributed by atoms with Crippen molar-refractivity contribution < 1.29 is 0 Å². The van der Waals surface area contributed by atoms with Gasteiger partial charge in [-0.2, -0.15) is 0 Å². The highest BCUT2D eigenvalue weighted by Gasteiger charge is 2.20. The highest BCUT2D eigenvalue weighted by atomic mass is 32.1. The third kappa shape index (κ3) is 2.60. The Kier molecular flexibility index (Phi) is 3.83. The van der Waals surface area contributed by atoms with Crippen molar-refractivity contribution in [3.8, 4) is 0 Å². The zero-order valence-electron chi connectivity index (χ0n) is 11.1. The van der Waals surface area contributed by atoms with E-state index in [1.165, 1.54) is 4.70 Å². The van der Waals surface area contributed by atoms with Crippen LogP contribution >= 0.6 is 11.3 Å². The molecule has 0 aliphatic rings. The van der Waals surface area contributed by atoms with E-state index in [-0.39, 0.29) is 5.92 Å². The Hall–Kier alpha value is -2.07. The first-order chi connectivity index (χ1) is 9.88. The van der Waals surface area contributed by atoms with Gasteiger partial charge in [0.15, 0.2) is 0 Å². The summed E-state index contributed by atoms with van der Waals surface area (Å²) in [6.07, 6.45) is 7.38. The number of benzene rings is 1. The van der Waals surface area contributed by atoms with Crippen molar-refractivity contribution in [2.45, 2.75) is 18.8 Å². The van der Waals surface area contributed by atoms with Crippen molar-refractivity contribution in [2.75, 3.05) is 0 Å². The topological polar surface area (TPSA) is 38.7 Å². The minimum Gasteiger partial charge on any atom is -0.241 e. The van der Waals surface area contributed by atoms with Gasteiger partial charge in [0.25, 0.3) is 0 Å². The lowest BCUT2D eigenvalue weighted by molar-refractivity contribution is 0.678. The number of fused-ring (bicyclic) bond motifs is 1. The Morgan fingerprint density at radius 1 is 1.15 bits per heavy atom. The van der Waals surface area contributed by atoms with E-state index < -0.39 is 0 Å². The summed E-state index contributed by atoms with van der Waals surface area (Å²) in [5.41, 5.74) is 1.05. The number of allylic oxidation sites excluding steroid dienone is 1. The Morgan fingerprint density at radius 2 is 1.95 bits per heavy atom. The largest absolute Gasteiger partial charge is 0.241 e. The summed E-state index contributed by atoms with van der Waals surface area (Å²) in [5.74, 6) is 0.986. The molecule has 0 bridgehead atoms. The molecule has 1 aromatic carbocycles. The van der Waals surface area contributed by atoms with E-state index in [1.807, 2.05) is 30.3 Å². The first kappa shape index (κ1) is 12.9. The number of hydrogen-bond donors (Lipinski definition) is 0. The molecule has 2 aromatic heterocycles. The molecule has 20 heavy (non-hydrogen) atoms. The van der Waals surface area contributed by atoms with Gasteiger partial charge in [-0.3, -0.25) is 0 Å². The molecule has 0 aliphatic carbocycles. The molecular weight excluding hydrogens is 266 g/mol. The first-order valence-electron chi connectivity index (χ1n) is 6.62. The molecule has 3 aromatic rings. The van der Waals surface area contributed by atoms with Crippen molar-refractivity contribution in [3.63, 3.8) is 0 Å². The summed E-state index contributed by atoms with van der Waals surface area (Å²) in [6.45, 7) is 3.80. The molecule has 4 heteroatoms. The fraction of sp³-hybridized carbons (Fsp3) is 0.188. The Morgan fingerprint density at radius 3 is 2.70 bits per heavy atom. The van der Waals surface area contributed by atoms with Crippen LogP contribution in [0.4, 0.5) is 0 Å². The minimum atomic E-state index is 0.145. The average molecular weight is 281 g/mol. The normalized spacial score (nSPS) is 12.4. The van der Waals surface area contributed by atoms with Crippen LogP contribution in [0.2, 0.25) is 0 Å². The SMILES string of the molecule is C=CCCC(c1ncccn1)c1nc2ccccc2s1. The monoisotopic (exact) mass is 281 g/mol. The molecule has 0 fully saturated rings. The van der Waals surface area contributed by atoms with Crippen LogP contribution in [0.15, 0.2) is 55.4 Å². The average Bonchev–Trinajstić information content (AvgIpc) is 2.92. The summed E-state index contributed by atoms with van der Waals surface area (Å²) in [7, 11) is 0. The summed E-state index contributed by atoms with van der Waals surface area (Å²) in [5, 5.41) is 1.08. The second-order valence-electron chi connectivity index (χ2n) is 4.55. The second-order valence-corrected chi connectivity index (χ2v) is 5.61. The second kappa shape index (κ2) is 5.92. The third-order valence-electron chi connectivity index (χ3n) is 3.17. The predicted octanol–water partition coefficient (Wildman–Crippen LogP) is 4.18. The fourth-order valence-corrected chi connectivity index (χ4v) is 3.28. The molecule has 100 valence electrons. The van der Waals surface area contributed by atoms with Crippen molar-refractivity contribution in [3.05, 3.63) is 66.2 Å². The van der Waals surface area contributed by atoms with Gasteiger partial charge in [0.1, 0.15) is 10.8 Å². The molecule has 0 spiro atoms. The smallest absolute Gasteiger partial charge is 0.138 e. The van der Waals surface area contributed by atoms with Gasteiger partial charge in [-0.25, -0.2) is 15.0 Å². The predicted molar refractivity (Wildman–Crippen MR) is 82.9 cm³/mol. The quantitative estimate of drug-likeness (QED) is 0.658. The number of aromatic nitrogens is 3. The van der Waals surface area contributed by atoms with Gasteiger partial charge in [0.05, 0.1) is 16.1 Å². The lowest BCUT2D eigenvalue weighted by atomic mass is 10.0. The van der Waals surface area contributed by atoms with E-state index in [0.717, 1.165) is 29.2 Å². The molecule has 2 heterocycles. The summed E-state index contributed by atoms with van der Waals surface area (Å²) < 4.78 is 1.21. The van der Waals surface area contributed by atoms with Crippen LogP contribution in [0, 0.1) is 0 Å². The molecule has 1 atom stereocenters. The van der Waals surface area contributed by atoms with Gasteiger partial charge in [-0.15, -0.1) is 17.9 Å². The Bertz CT molecular complexity index is 673. The minimum absolute atomic E-state index is 0.145. The number of para-hydroxylation sites is 1. The van der Waals surface area contributed by atoms with Crippen LogP contribution < -0.4 is 0 Å². The standard InChI is InChI=1S/C16H15N3S/c1-2-3-7-12(15-17-10-6-11-18-15)16-19-13-8-4-5-9-14(13)20-16/h2,4-6,8-12H,1,3,7H2. The Balaban J connectivity index is 2.02. The number of thiazole rings is 1. The van der Waals surface area contributed by atoms with Crippen molar-refractivity contribution in [1.82, 2.24) is 15.0 Å². The number of hydrogen-bond acceptors (Lipinski definition) is 4. The van der Waals surface area contributed by atoms with Crippen LogP contribution in [0.5, 0.6) is 0 Å². The third-order valence-corrected chi connectivity index (χ3v) is 4.32. The summed E-state index contributed by atoms with van der Waals surface area (Å²) in [6, 6.07) is 10.1. The van der Waals surface area contributed by atoms with E-state index in [4.69, 9.17) is 4.98 Å². The highest BCUT2D eigenvalue weighted by Crippen LogP contribution is 2.33. The maximum atomic E-state index is 4.75. The van der Waals surface area contributed by atoms with Crippen molar-refractivity contribution >= 4 is 21.6 Å². The van der Waals surface area contributed by atoms with Crippen LogP contribution in [0.25, 0.3) is 10.2 Å². The lowest BCUT2D eigenvalue weighted by Crippen LogP contribution is -2.05. The molecule has 0 saturated carbocycles. The fourth-order valence-electron chi connectivity index (χ4n) is 2.18. The molecular formula is C16H15N3S. The van der Waals surface area contributed by atoms with Gasteiger partial charge in [-0.05, 0) is 31.0 Å². The maximum absolute atomic E-state index is 4.75.